The Kier molecular flexibility index (Phi) is 13.9. The Bertz CT molecular complexity index is 254. The summed E-state index contributed by atoms with van der Waals surface area (Å²) in [6.07, 6.45) is 20.4. The van der Waals surface area contributed by atoms with Crippen molar-refractivity contribution in [1.82, 2.24) is 0 Å². The summed E-state index contributed by atoms with van der Waals surface area (Å²) in [5, 5.41) is 26.2. The predicted octanol–water partition coefficient (Wildman–Crippen LogP) is 4.43. The van der Waals surface area contributed by atoms with Gasteiger partial charge in [0, 0.05) is 6.42 Å². The standard InChI is InChI=1S/C18H34O3/c1-2-3-4-5-6-7-8-9-10-11-12-13-14-15-16-17-18(19,20)21/h2-4,19-21H,1,5-17H2. The molecule has 0 saturated heterocycles. The maximum atomic E-state index is 8.72. The zero-order valence-corrected chi connectivity index (χ0v) is 13.5. The van der Waals surface area contributed by atoms with Crippen molar-refractivity contribution in [2.75, 3.05) is 0 Å². The zero-order valence-electron chi connectivity index (χ0n) is 13.5. The van der Waals surface area contributed by atoms with Gasteiger partial charge in [-0.2, -0.15) is 0 Å². The minimum absolute atomic E-state index is 0.0506. The molecule has 0 saturated carbocycles. The van der Waals surface area contributed by atoms with Crippen LogP contribution in [0.3, 0.4) is 0 Å². The molecule has 0 unspecified atom stereocenters. The number of rotatable bonds is 15. The van der Waals surface area contributed by atoms with Crippen molar-refractivity contribution in [1.29, 1.82) is 0 Å². The summed E-state index contributed by atoms with van der Waals surface area (Å²) >= 11 is 0. The van der Waals surface area contributed by atoms with Gasteiger partial charge < -0.3 is 15.3 Å². The van der Waals surface area contributed by atoms with Crippen LogP contribution in [-0.4, -0.2) is 21.3 Å². The lowest BCUT2D eigenvalue weighted by atomic mass is 10.0. The van der Waals surface area contributed by atoms with Crippen molar-refractivity contribution in [2.24, 2.45) is 0 Å². The minimum atomic E-state index is -2.47. The van der Waals surface area contributed by atoms with Crippen molar-refractivity contribution < 1.29 is 15.3 Å². The van der Waals surface area contributed by atoms with E-state index in [-0.39, 0.29) is 6.42 Å². The highest BCUT2D eigenvalue weighted by atomic mass is 16.7. The van der Waals surface area contributed by atoms with E-state index >= 15 is 0 Å². The summed E-state index contributed by atoms with van der Waals surface area (Å²) in [5.74, 6) is -2.47. The second-order valence-corrected chi connectivity index (χ2v) is 5.87. The fourth-order valence-electron chi connectivity index (χ4n) is 2.41. The Hall–Kier alpha value is -0.640. The van der Waals surface area contributed by atoms with Gasteiger partial charge in [-0.3, -0.25) is 0 Å². The van der Waals surface area contributed by atoms with Gasteiger partial charge in [0.1, 0.15) is 0 Å². The van der Waals surface area contributed by atoms with Crippen molar-refractivity contribution in [3.63, 3.8) is 0 Å². The van der Waals surface area contributed by atoms with Gasteiger partial charge in [-0.25, -0.2) is 0 Å². The van der Waals surface area contributed by atoms with Gasteiger partial charge >= 0.3 is 0 Å². The molecule has 0 aromatic heterocycles. The highest BCUT2D eigenvalue weighted by molar-refractivity contribution is 4.96. The third-order valence-electron chi connectivity index (χ3n) is 3.66. The molecule has 0 aliphatic carbocycles. The second kappa shape index (κ2) is 14.3. The van der Waals surface area contributed by atoms with Crippen LogP contribution in [0.25, 0.3) is 0 Å². The van der Waals surface area contributed by atoms with Crippen molar-refractivity contribution in [3.8, 4) is 0 Å². The van der Waals surface area contributed by atoms with E-state index in [1.165, 1.54) is 57.8 Å². The van der Waals surface area contributed by atoms with E-state index in [0.717, 1.165) is 12.8 Å². The fraction of sp³-hybridized carbons (Fsp3) is 0.778. The number of hydrogen-bond acceptors (Lipinski definition) is 3. The van der Waals surface area contributed by atoms with Crippen LogP contribution in [0.15, 0.2) is 24.8 Å². The molecule has 0 amide bonds. The van der Waals surface area contributed by atoms with Crippen LogP contribution in [0.4, 0.5) is 0 Å². The molecule has 0 heterocycles. The summed E-state index contributed by atoms with van der Waals surface area (Å²) < 4.78 is 0. The number of unbranched alkanes of at least 4 members (excludes halogenated alkanes) is 11. The van der Waals surface area contributed by atoms with Crippen LogP contribution in [0.2, 0.25) is 0 Å². The molecule has 3 nitrogen and oxygen atoms in total. The Balaban J connectivity index is 3.06. The molecule has 0 atom stereocenters. The summed E-state index contributed by atoms with van der Waals surface area (Å²) in [7, 11) is 0. The smallest absolute Gasteiger partial charge is 0.275 e. The fourth-order valence-corrected chi connectivity index (χ4v) is 2.41. The molecular formula is C18H34O3. The van der Waals surface area contributed by atoms with E-state index < -0.39 is 5.97 Å². The average molecular weight is 298 g/mol. The number of allylic oxidation sites excluding steroid dienone is 3. The molecular weight excluding hydrogens is 264 g/mol. The lowest BCUT2D eigenvalue weighted by Gasteiger charge is -2.12. The van der Waals surface area contributed by atoms with Crippen molar-refractivity contribution >= 4 is 0 Å². The average Bonchev–Trinajstić information content (AvgIpc) is 2.42. The van der Waals surface area contributed by atoms with Gasteiger partial charge in [0.15, 0.2) is 0 Å². The number of hydrogen-bond donors (Lipinski definition) is 3. The quantitative estimate of drug-likeness (QED) is 0.238. The monoisotopic (exact) mass is 298 g/mol. The molecule has 0 fully saturated rings. The SMILES string of the molecule is C=CC=CCCCCCCCCCCCCCC(O)(O)O. The van der Waals surface area contributed by atoms with Gasteiger partial charge in [-0.1, -0.05) is 82.6 Å². The Labute approximate surface area is 130 Å². The van der Waals surface area contributed by atoms with Crippen molar-refractivity contribution in [2.45, 2.75) is 89.4 Å². The van der Waals surface area contributed by atoms with E-state index in [4.69, 9.17) is 15.3 Å². The second-order valence-electron chi connectivity index (χ2n) is 5.87. The first-order valence-corrected chi connectivity index (χ1v) is 8.51. The molecule has 3 N–H and O–H groups in total. The van der Waals surface area contributed by atoms with Gasteiger partial charge in [-0.15, -0.1) is 0 Å². The molecule has 0 bridgehead atoms. The largest absolute Gasteiger partial charge is 0.344 e. The summed E-state index contributed by atoms with van der Waals surface area (Å²) in [4.78, 5) is 0. The molecule has 3 heteroatoms. The minimum Gasteiger partial charge on any atom is -0.344 e. The first-order chi connectivity index (χ1) is 10.1. The summed E-state index contributed by atoms with van der Waals surface area (Å²) in [6.45, 7) is 3.65. The molecule has 0 radical (unpaired) electrons. The normalized spacial score (nSPS) is 12.1. The Morgan fingerprint density at radius 3 is 1.52 bits per heavy atom. The molecule has 0 aliphatic rings. The van der Waals surface area contributed by atoms with Crippen LogP contribution >= 0.6 is 0 Å². The van der Waals surface area contributed by atoms with E-state index in [1.54, 1.807) is 0 Å². The van der Waals surface area contributed by atoms with E-state index in [0.29, 0.717) is 6.42 Å². The van der Waals surface area contributed by atoms with Gasteiger partial charge in [0.2, 0.25) is 0 Å². The third kappa shape index (κ3) is 19.4. The zero-order chi connectivity index (χ0) is 15.8. The lowest BCUT2D eigenvalue weighted by molar-refractivity contribution is -0.315. The lowest BCUT2D eigenvalue weighted by Crippen LogP contribution is -2.26. The highest BCUT2D eigenvalue weighted by Crippen LogP contribution is 2.14. The van der Waals surface area contributed by atoms with E-state index in [9.17, 15) is 0 Å². The summed E-state index contributed by atoms with van der Waals surface area (Å²) in [5.41, 5.74) is 0. The first kappa shape index (κ1) is 20.4. The molecule has 0 spiro atoms. The topological polar surface area (TPSA) is 60.7 Å². The van der Waals surface area contributed by atoms with Crippen LogP contribution < -0.4 is 0 Å². The molecule has 124 valence electrons. The number of aliphatic hydroxyl groups is 3. The maximum Gasteiger partial charge on any atom is 0.275 e. The van der Waals surface area contributed by atoms with Gasteiger partial charge in [-0.05, 0) is 19.3 Å². The van der Waals surface area contributed by atoms with Crippen LogP contribution in [0, 0.1) is 0 Å². The Morgan fingerprint density at radius 2 is 1.10 bits per heavy atom. The summed E-state index contributed by atoms with van der Waals surface area (Å²) in [6, 6.07) is 0. The van der Waals surface area contributed by atoms with E-state index in [1.807, 2.05) is 12.2 Å². The maximum absolute atomic E-state index is 8.72. The molecule has 0 rings (SSSR count). The van der Waals surface area contributed by atoms with Gasteiger partial charge in [0.05, 0.1) is 0 Å². The molecule has 0 aromatic carbocycles. The first-order valence-electron chi connectivity index (χ1n) is 8.51. The third-order valence-corrected chi connectivity index (χ3v) is 3.66. The Morgan fingerprint density at radius 1 is 0.667 bits per heavy atom. The predicted molar refractivity (Wildman–Crippen MR) is 88.7 cm³/mol. The van der Waals surface area contributed by atoms with Crippen molar-refractivity contribution in [3.05, 3.63) is 24.8 Å². The van der Waals surface area contributed by atoms with E-state index in [2.05, 4.69) is 12.7 Å². The van der Waals surface area contributed by atoms with Crippen LogP contribution in [0.5, 0.6) is 0 Å². The molecule has 0 aliphatic heterocycles. The van der Waals surface area contributed by atoms with Gasteiger partial charge in [0.25, 0.3) is 5.97 Å². The van der Waals surface area contributed by atoms with Crippen LogP contribution in [0.1, 0.15) is 83.5 Å². The van der Waals surface area contributed by atoms with Crippen LogP contribution in [-0.2, 0) is 0 Å². The molecule has 0 aromatic rings. The molecule has 21 heavy (non-hydrogen) atoms. The highest BCUT2D eigenvalue weighted by Gasteiger charge is 2.16.